The number of nitrogens with zero attached hydrogens (tertiary/aromatic N) is 4. The van der Waals surface area contributed by atoms with E-state index in [1.165, 1.54) is 0 Å². The maximum Gasteiger partial charge on any atom is 0.247 e. The largest absolute Gasteiger partial charge is 0.493 e. The zero-order valence-corrected chi connectivity index (χ0v) is 20.9. The third-order valence-corrected chi connectivity index (χ3v) is 6.27. The zero-order chi connectivity index (χ0) is 25.2. The van der Waals surface area contributed by atoms with Crippen LogP contribution in [0.5, 0.6) is 5.75 Å². The molecule has 1 unspecified atom stereocenters. The fourth-order valence-corrected chi connectivity index (χ4v) is 4.49. The lowest BCUT2D eigenvalue weighted by molar-refractivity contribution is -0.159. The number of para-hydroxylation sites is 1. The minimum absolute atomic E-state index is 0.000963. The van der Waals surface area contributed by atoms with Crippen LogP contribution in [0, 0.1) is 11.3 Å². The summed E-state index contributed by atoms with van der Waals surface area (Å²) in [6.07, 6.45) is 7.87. The van der Waals surface area contributed by atoms with Crippen LogP contribution in [-0.2, 0) is 9.59 Å². The highest BCUT2D eigenvalue weighted by Crippen LogP contribution is 2.27. The predicted molar refractivity (Wildman–Crippen MR) is 138 cm³/mol. The Kier molecular flexibility index (Phi) is 9.68. The van der Waals surface area contributed by atoms with Crippen LogP contribution in [0.4, 0.5) is 0 Å². The third kappa shape index (κ3) is 6.83. The predicted octanol–water partition coefficient (Wildman–Crippen LogP) is 3.65. The molecule has 0 aromatic heterocycles. The van der Waals surface area contributed by atoms with Gasteiger partial charge in [0.25, 0.3) is 0 Å². The van der Waals surface area contributed by atoms with Gasteiger partial charge in [-0.2, -0.15) is 5.26 Å². The minimum atomic E-state index is -0.469. The fraction of sp³-hybridized carbons (Fsp3) is 0.464. The van der Waals surface area contributed by atoms with Crippen LogP contribution in [0.25, 0.3) is 5.57 Å². The maximum atomic E-state index is 13.2. The summed E-state index contributed by atoms with van der Waals surface area (Å²) in [7, 11) is 0. The Morgan fingerprint density at radius 1 is 1.26 bits per heavy atom. The maximum absolute atomic E-state index is 13.2. The number of allylic oxidation sites excluding steroid dienone is 3. The van der Waals surface area contributed by atoms with Gasteiger partial charge in [0.2, 0.25) is 11.8 Å². The molecule has 2 saturated heterocycles. The second-order valence-electron chi connectivity index (χ2n) is 8.92. The van der Waals surface area contributed by atoms with Crippen molar-refractivity contribution in [1.82, 2.24) is 14.7 Å². The van der Waals surface area contributed by atoms with Crippen molar-refractivity contribution in [3.8, 4) is 11.8 Å². The van der Waals surface area contributed by atoms with Crippen molar-refractivity contribution in [1.29, 1.82) is 5.26 Å². The highest BCUT2D eigenvalue weighted by molar-refractivity contribution is 5.95. The molecule has 2 aliphatic heterocycles. The molecule has 0 aliphatic carbocycles. The Balaban J connectivity index is 1.61. The number of ether oxygens (including phenoxy) is 1. The van der Waals surface area contributed by atoms with Gasteiger partial charge < -0.3 is 14.5 Å². The molecule has 186 valence electrons. The second-order valence-corrected chi connectivity index (χ2v) is 8.92. The summed E-state index contributed by atoms with van der Waals surface area (Å²) in [6.45, 7) is 11.9. The van der Waals surface area contributed by atoms with Crippen LogP contribution in [0.2, 0.25) is 0 Å². The summed E-state index contributed by atoms with van der Waals surface area (Å²) in [5.41, 5.74) is 2.54. The first kappa shape index (κ1) is 26.2. The quantitative estimate of drug-likeness (QED) is 0.360. The highest BCUT2D eigenvalue weighted by Gasteiger charge is 2.42. The number of nitriles is 1. The van der Waals surface area contributed by atoms with Gasteiger partial charge in [0.05, 0.1) is 19.2 Å². The van der Waals surface area contributed by atoms with E-state index in [4.69, 9.17) is 10.00 Å². The Labute approximate surface area is 208 Å². The zero-order valence-electron chi connectivity index (χ0n) is 20.9. The van der Waals surface area contributed by atoms with Gasteiger partial charge in [-0.05, 0) is 37.0 Å². The number of rotatable bonds is 11. The minimum Gasteiger partial charge on any atom is -0.493 e. The molecule has 1 atom stereocenters. The molecule has 0 bridgehead atoms. The molecule has 2 amide bonds. The topological polar surface area (TPSA) is 76.9 Å². The van der Waals surface area contributed by atoms with E-state index < -0.39 is 6.04 Å². The standard InChI is InChI=1S/C28H36N4O3/c1-4-10-23(18-29)11-8-9-14-31-21-27(33)32-16-15-30(20-25(32)28(31)34)19-22(3)24-12-6-7-13-26(24)35-17-5-2/h6-8,10-13,25H,3-5,9,14-17,19-21H2,1-2H3/b11-8-,23-10+. The van der Waals surface area contributed by atoms with E-state index in [0.29, 0.717) is 51.3 Å². The average Bonchev–Trinajstić information content (AvgIpc) is 2.87. The smallest absolute Gasteiger partial charge is 0.247 e. The molecule has 2 aliphatic rings. The Morgan fingerprint density at radius 2 is 2.06 bits per heavy atom. The Morgan fingerprint density at radius 3 is 2.80 bits per heavy atom. The highest BCUT2D eigenvalue weighted by atomic mass is 16.5. The van der Waals surface area contributed by atoms with E-state index in [-0.39, 0.29) is 18.4 Å². The Bertz CT molecular complexity index is 1020. The summed E-state index contributed by atoms with van der Waals surface area (Å²) in [6, 6.07) is 9.59. The van der Waals surface area contributed by atoms with E-state index >= 15 is 0 Å². The van der Waals surface area contributed by atoms with Gasteiger partial charge in [-0.25, -0.2) is 0 Å². The van der Waals surface area contributed by atoms with Crippen molar-refractivity contribution >= 4 is 17.4 Å². The van der Waals surface area contributed by atoms with E-state index in [2.05, 4.69) is 24.5 Å². The van der Waals surface area contributed by atoms with Crippen molar-refractivity contribution in [2.45, 2.75) is 39.2 Å². The molecule has 7 heteroatoms. The van der Waals surface area contributed by atoms with E-state index in [1.54, 1.807) is 15.9 Å². The van der Waals surface area contributed by atoms with Crippen molar-refractivity contribution < 1.29 is 14.3 Å². The molecule has 1 aromatic carbocycles. The number of amides is 2. The fourth-order valence-electron chi connectivity index (χ4n) is 4.49. The van der Waals surface area contributed by atoms with Gasteiger partial charge in [0.1, 0.15) is 11.8 Å². The molecule has 35 heavy (non-hydrogen) atoms. The molecule has 0 radical (unpaired) electrons. The Hall–Kier alpha value is -3.37. The lowest BCUT2D eigenvalue weighted by atomic mass is 10.0. The van der Waals surface area contributed by atoms with Crippen molar-refractivity contribution in [2.75, 3.05) is 45.9 Å². The van der Waals surface area contributed by atoms with Crippen molar-refractivity contribution in [2.24, 2.45) is 0 Å². The number of hydrogen-bond donors (Lipinski definition) is 0. The third-order valence-electron chi connectivity index (χ3n) is 6.27. The summed E-state index contributed by atoms with van der Waals surface area (Å²) >= 11 is 0. The lowest BCUT2D eigenvalue weighted by Gasteiger charge is -2.46. The molecule has 3 rings (SSSR count). The number of fused-ring (bicyclic) bond motifs is 1. The molecule has 0 spiro atoms. The van der Waals surface area contributed by atoms with Crippen LogP contribution in [0.3, 0.4) is 0 Å². The summed E-state index contributed by atoms with van der Waals surface area (Å²) < 4.78 is 5.89. The second kappa shape index (κ2) is 12.9. The lowest BCUT2D eigenvalue weighted by Crippen LogP contribution is -2.66. The van der Waals surface area contributed by atoms with Crippen LogP contribution in [0.15, 0.2) is 54.6 Å². The first-order valence-electron chi connectivity index (χ1n) is 12.5. The van der Waals surface area contributed by atoms with Gasteiger partial charge in [0.15, 0.2) is 0 Å². The number of piperazine rings is 2. The monoisotopic (exact) mass is 476 g/mol. The van der Waals surface area contributed by atoms with Crippen LogP contribution in [0.1, 0.15) is 38.7 Å². The van der Waals surface area contributed by atoms with Crippen molar-refractivity contribution in [3.05, 3.63) is 60.2 Å². The number of hydrogen-bond acceptors (Lipinski definition) is 5. The van der Waals surface area contributed by atoms with Gasteiger partial charge >= 0.3 is 0 Å². The van der Waals surface area contributed by atoms with Crippen LogP contribution < -0.4 is 4.74 Å². The molecule has 1 aromatic rings. The molecule has 2 fully saturated rings. The summed E-state index contributed by atoms with van der Waals surface area (Å²) in [5.74, 6) is 0.818. The number of benzene rings is 1. The first-order chi connectivity index (χ1) is 17.0. The molecule has 7 nitrogen and oxygen atoms in total. The van der Waals surface area contributed by atoms with Gasteiger partial charge in [0, 0.05) is 43.9 Å². The van der Waals surface area contributed by atoms with Gasteiger partial charge in [-0.3, -0.25) is 14.5 Å². The van der Waals surface area contributed by atoms with Gasteiger partial charge in [-0.15, -0.1) is 0 Å². The molecular weight excluding hydrogens is 440 g/mol. The van der Waals surface area contributed by atoms with Crippen LogP contribution in [-0.4, -0.2) is 78.4 Å². The number of carbonyl (C=O) groups excluding carboxylic acids is 2. The van der Waals surface area contributed by atoms with Gasteiger partial charge in [-0.1, -0.05) is 50.8 Å². The molecule has 2 heterocycles. The van der Waals surface area contributed by atoms with Crippen LogP contribution >= 0.6 is 0 Å². The van der Waals surface area contributed by atoms with E-state index in [0.717, 1.165) is 29.7 Å². The van der Waals surface area contributed by atoms with E-state index in [1.807, 2.05) is 43.3 Å². The average molecular weight is 477 g/mol. The SMILES string of the molecule is C=C(CN1CCN2C(=O)CN(CC/C=C\C(C#N)=C/CC)C(=O)C2C1)c1ccccc1OCCC. The van der Waals surface area contributed by atoms with E-state index in [9.17, 15) is 9.59 Å². The molecule has 0 saturated carbocycles. The molecule has 0 N–H and O–H groups in total. The molecular formula is C28H36N4O3. The van der Waals surface area contributed by atoms with Crippen molar-refractivity contribution in [3.63, 3.8) is 0 Å². The summed E-state index contributed by atoms with van der Waals surface area (Å²) in [5, 5.41) is 9.12. The normalized spacial score (nSPS) is 19.1. The summed E-state index contributed by atoms with van der Waals surface area (Å²) in [4.78, 5) is 31.6. The number of carbonyl (C=O) groups is 2. The first-order valence-corrected chi connectivity index (χ1v) is 12.5.